The molecule has 0 aromatic heterocycles. The van der Waals surface area contributed by atoms with Crippen LogP contribution in [0.4, 0.5) is 0 Å². The second-order valence-corrected chi connectivity index (χ2v) is 6.58. The van der Waals surface area contributed by atoms with Gasteiger partial charge in [0.15, 0.2) is 0 Å². The van der Waals surface area contributed by atoms with Crippen LogP contribution in [-0.2, 0) is 12.8 Å². The number of benzene rings is 3. The lowest BCUT2D eigenvalue weighted by atomic mass is 9.91. The standard InChI is InChI=1S/C24H22O4/c1-3-5-15-7-9-22(26)18(11-15)20-12-16(6-4-2)13-21(24(20)28)19-14-17(25)8-10-23(19)27/h3-4,7-14,25-28H,1-2,5-6H2. The predicted molar refractivity (Wildman–Crippen MR) is 112 cm³/mol. The third-order valence-electron chi connectivity index (χ3n) is 4.55. The molecule has 0 unspecified atom stereocenters. The maximum absolute atomic E-state index is 11.0. The molecule has 3 aromatic rings. The molecule has 4 nitrogen and oxygen atoms in total. The van der Waals surface area contributed by atoms with E-state index in [1.165, 1.54) is 18.2 Å². The van der Waals surface area contributed by atoms with Gasteiger partial charge in [-0.25, -0.2) is 0 Å². The summed E-state index contributed by atoms with van der Waals surface area (Å²) in [5.74, 6) is -0.164. The van der Waals surface area contributed by atoms with Gasteiger partial charge >= 0.3 is 0 Å². The summed E-state index contributed by atoms with van der Waals surface area (Å²) in [6.45, 7) is 7.49. The third-order valence-corrected chi connectivity index (χ3v) is 4.55. The molecule has 0 saturated heterocycles. The summed E-state index contributed by atoms with van der Waals surface area (Å²) < 4.78 is 0. The number of allylic oxidation sites excluding steroid dienone is 2. The Morgan fingerprint density at radius 2 is 1.11 bits per heavy atom. The molecule has 0 fully saturated rings. The second kappa shape index (κ2) is 7.92. The van der Waals surface area contributed by atoms with E-state index in [2.05, 4.69) is 13.2 Å². The van der Waals surface area contributed by atoms with E-state index in [4.69, 9.17) is 0 Å². The first-order chi connectivity index (χ1) is 13.4. The van der Waals surface area contributed by atoms with Crippen molar-refractivity contribution in [2.75, 3.05) is 0 Å². The fourth-order valence-electron chi connectivity index (χ4n) is 3.22. The second-order valence-electron chi connectivity index (χ2n) is 6.58. The van der Waals surface area contributed by atoms with Crippen molar-refractivity contribution in [3.63, 3.8) is 0 Å². The van der Waals surface area contributed by atoms with Crippen molar-refractivity contribution in [2.45, 2.75) is 12.8 Å². The van der Waals surface area contributed by atoms with Gasteiger partial charge in [-0.3, -0.25) is 0 Å². The highest BCUT2D eigenvalue weighted by Gasteiger charge is 2.18. The van der Waals surface area contributed by atoms with E-state index in [0.29, 0.717) is 35.1 Å². The van der Waals surface area contributed by atoms with Gasteiger partial charge in [0.1, 0.15) is 23.0 Å². The molecule has 0 amide bonds. The minimum Gasteiger partial charge on any atom is -0.508 e. The summed E-state index contributed by atoms with van der Waals surface area (Å²) >= 11 is 0. The highest BCUT2D eigenvalue weighted by molar-refractivity contribution is 5.87. The van der Waals surface area contributed by atoms with E-state index in [9.17, 15) is 20.4 Å². The molecule has 142 valence electrons. The minimum atomic E-state index is -0.0974. The zero-order valence-corrected chi connectivity index (χ0v) is 15.4. The number of rotatable bonds is 6. The van der Waals surface area contributed by atoms with Gasteiger partial charge in [-0.2, -0.15) is 0 Å². The lowest BCUT2D eigenvalue weighted by Gasteiger charge is -2.16. The lowest BCUT2D eigenvalue weighted by molar-refractivity contribution is 0.459. The molecule has 3 aromatic carbocycles. The average Bonchev–Trinajstić information content (AvgIpc) is 2.67. The maximum Gasteiger partial charge on any atom is 0.131 e. The van der Waals surface area contributed by atoms with E-state index in [-0.39, 0.29) is 23.0 Å². The van der Waals surface area contributed by atoms with Crippen LogP contribution >= 0.6 is 0 Å². The van der Waals surface area contributed by atoms with Crippen molar-refractivity contribution < 1.29 is 20.4 Å². The molecule has 0 heterocycles. The van der Waals surface area contributed by atoms with Crippen molar-refractivity contribution in [3.05, 3.63) is 85.0 Å². The van der Waals surface area contributed by atoms with Gasteiger partial charge in [0.2, 0.25) is 0 Å². The van der Waals surface area contributed by atoms with E-state index >= 15 is 0 Å². The Morgan fingerprint density at radius 1 is 0.607 bits per heavy atom. The Balaban J connectivity index is 2.29. The van der Waals surface area contributed by atoms with Crippen LogP contribution in [0.3, 0.4) is 0 Å². The predicted octanol–water partition coefficient (Wildman–Crippen LogP) is 5.30. The van der Waals surface area contributed by atoms with Crippen molar-refractivity contribution in [2.24, 2.45) is 0 Å². The Kier molecular flexibility index (Phi) is 5.41. The Bertz CT molecular complexity index is 1050. The molecule has 0 radical (unpaired) electrons. The zero-order chi connectivity index (χ0) is 20.3. The molecular weight excluding hydrogens is 352 g/mol. The fourth-order valence-corrected chi connectivity index (χ4v) is 3.22. The number of hydrogen-bond acceptors (Lipinski definition) is 4. The lowest BCUT2D eigenvalue weighted by Crippen LogP contribution is -1.92. The van der Waals surface area contributed by atoms with Crippen molar-refractivity contribution in [3.8, 4) is 45.3 Å². The van der Waals surface area contributed by atoms with Gasteiger partial charge in [0, 0.05) is 22.3 Å². The van der Waals surface area contributed by atoms with Crippen LogP contribution in [0.1, 0.15) is 11.1 Å². The fraction of sp³-hybridized carbons (Fsp3) is 0.0833. The maximum atomic E-state index is 11.0. The molecule has 0 atom stereocenters. The van der Waals surface area contributed by atoms with Crippen molar-refractivity contribution >= 4 is 0 Å². The summed E-state index contributed by atoms with van der Waals surface area (Å²) in [6.07, 6.45) is 4.66. The van der Waals surface area contributed by atoms with Crippen LogP contribution < -0.4 is 0 Å². The zero-order valence-electron chi connectivity index (χ0n) is 15.4. The van der Waals surface area contributed by atoms with Gasteiger partial charge in [0.25, 0.3) is 0 Å². The summed E-state index contributed by atoms with van der Waals surface area (Å²) in [4.78, 5) is 0. The van der Waals surface area contributed by atoms with Crippen LogP contribution in [-0.4, -0.2) is 20.4 Å². The molecular formula is C24H22O4. The molecule has 0 spiro atoms. The quantitative estimate of drug-likeness (QED) is 0.349. The molecule has 0 aliphatic carbocycles. The first kappa shape index (κ1) is 19.1. The normalized spacial score (nSPS) is 10.6. The molecule has 0 aliphatic rings. The highest BCUT2D eigenvalue weighted by Crippen LogP contribution is 2.45. The monoisotopic (exact) mass is 374 g/mol. The summed E-state index contributed by atoms with van der Waals surface area (Å²) in [7, 11) is 0. The third kappa shape index (κ3) is 3.71. The Hall–Kier alpha value is -3.66. The molecule has 0 aliphatic heterocycles. The topological polar surface area (TPSA) is 80.9 Å². The van der Waals surface area contributed by atoms with E-state index < -0.39 is 0 Å². The molecule has 4 N–H and O–H groups in total. The molecule has 4 heteroatoms. The van der Waals surface area contributed by atoms with Crippen LogP contribution in [0.25, 0.3) is 22.3 Å². The highest BCUT2D eigenvalue weighted by atomic mass is 16.3. The first-order valence-electron chi connectivity index (χ1n) is 8.87. The summed E-state index contributed by atoms with van der Waals surface area (Å²) in [6, 6.07) is 12.8. The average molecular weight is 374 g/mol. The van der Waals surface area contributed by atoms with E-state index in [1.54, 1.807) is 42.5 Å². The molecule has 0 saturated carbocycles. The smallest absolute Gasteiger partial charge is 0.131 e. The van der Waals surface area contributed by atoms with Crippen LogP contribution in [0, 0.1) is 0 Å². The Morgan fingerprint density at radius 3 is 1.71 bits per heavy atom. The van der Waals surface area contributed by atoms with Crippen LogP contribution in [0.2, 0.25) is 0 Å². The van der Waals surface area contributed by atoms with Crippen molar-refractivity contribution in [1.82, 2.24) is 0 Å². The Labute approximate surface area is 164 Å². The van der Waals surface area contributed by atoms with E-state index in [1.807, 2.05) is 0 Å². The minimum absolute atomic E-state index is 0.0290. The largest absolute Gasteiger partial charge is 0.508 e. The van der Waals surface area contributed by atoms with Crippen LogP contribution in [0.15, 0.2) is 73.8 Å². The first-order valence-corrected chi connectivity index (χ1v) is 8.87. The van der Waals surface area contributed by atoms with Gasteiger partial charge in [0.05, 0.1) is 0 Å². The van der Waals surface area contributed by atoms with E-state index in [0.717, 1.165) is 11.1 Å². The number of phenols is 4. The van der Waals surface area contributed by atoms with Crippen molar-refractivity contribution in [1.29, 1.82) is 0 Å². The summed E-state index contributed by atoms with van der Waals surface area (Å²) in [5.41, 5.74) is 3.35. The van der Waals surface area contributed by atoms with Gasteiger partial charge in [-0.15, -0.1) is 13.2 Å². The molecule has 3 rings (SSSR count). The van der Waals surface area contributed by atoms with Gasteiger partial charge in [-0.1, -0.05) is 18.2 Å². The van der Waals surface area contributed by atoms with Crippen LogP contribution in [0.5, 0.6) is 23.0 Å². The number of phenolic OH excluding ortho intramolecular Hbond substituents is 4. The SMILES string of the molecule is C=CCc1ccc(O)c(-c2cc(CC=C)cc(-c3cc(O)ccc3O)c2O)c1. The van der Waals surface area contributed by atoms with Gasteiger partial charge < -0.3 is 20.4 Å². The van der Waals surface area contributed by atoms with Gasteiger partial charge in [-0.05, 0) is 66.4 Å². The molecule has 28 heavy (non-hydrogen) atoms. The number of hydrogen-bond donors (Lipinski definition) is 4. The molecule has 0 bridgehead atoms. The number of aromatic hydroxyl groups is 4. The summed E-state index contributed by atoms with van der Waals surface area (Å²) in [5, 5.41) is 41.5.